The van der Waals surface area contributed by atoms with Crippen molar-refractivity contribution in [3.8, 4) is 11.1 Å². The minimum Gasteiger partial charge on any atom is -0.295 e. The van der Waals surface area contributed by atoms with Crippen molar-refractivity contribution >= 4 is 11.6 Å². The number of ketones is 2. The molecule has 0 saturated carbocycles. The Morgan fingerprint density at radius 3 is 1.55 bits per heavy atom. The summed E-state index contributed by atoms with van der Waals surface area (Å²) in [4.78, 5) is 22.9. The van der Waals surface area contributed by atoms with Crippen molar-refractivity contribution in [2.45, 2.75) is 12.8 Å². The fourth-order valence-electron chi connectivity index (χ4n) is 2.27. The summed E-state index contributed by atoms with van der Waals surface area (Å²) in [6.07, 6.45) is 3.39. The molecule has 0 aliphatic rings. The summed E-state index contributed by atoms with van der Waals surface area (Å²) in [5, 5.41) is 0. The molecule has 2 nitrogen and oxygen atoms in total. The Balaban J connectivity index is 2.27. The lowest BCUT2D eigenvalue weighted by Gasteiger charge is -2.07. The van der Waals surface area contributed by atoms with Gasteiger partial charge in [0, 0.05) is 12.8 Å². The minimum atomic E-state index is 0.00230. The Bertz CT molecular complexity index is 662. The summed E-state index contributed by atoms with van der Waals surface area (Å²) in [6.45, 7) is 6.99. The van der Waals surface area contributed by atoms with Crippen LogP contribution < -0.4 is 0 Å². The van der Waals surface area contributed by atoms with Gasteiger partial charge < -0.3 is 0 Å². The molecule has 2 aromatic rings. The Labute approximate surface area is 130 Å². The van der Waals surface area contributed by atoms with Crippen LogP contribution in [-0.2, 0) is 22.4 Å². The van der Waals surface area contributed by atoms with Gasteiger partial charge in [0.05, 0.1) is 0 Å². The van der Waals surface area contributed by atoms with Crippen LogP contribution in [0.15, 0.2) is 73.8 Å². The summed E-state index contributed by atoms with van der Waals surface area (Å²) in [5.41, 5.74) is 3.97. The SMILES string of the molecule is C=CC(=O)Cc1cccc(-c2cccc(CC(=O)C=C)c2)c1. The molecule has 22 heavy (non-hydrogen) atoms. The molecule has 0 N–H and O–H groups in total. The van der Waals surface area contributed by atoms with E-state index >= 15 is 0 Å². The molecule has 0 aliphatic heterocycles. The highest BCUT2D eigenvalue weighted by Crippen LogP contribution is 2.22. The van der Waals surface area contributed by atoms with Crippen molar-refractivity contribution < 1.29 is 9.59 Å². The highest BCUT2D eigenvalue weighted by Gasteiger charge is 2.05. The number of benzene rings is 2. The van der Waals surface area contributed by atoms with Crippen molar-refractivity contribution in [3.05, 3.63) is 85.0 Å². The van der Waals surface area contributed by atoms with Crippen LogP contribution in [0.4, 0.5) is 0 Å². The first kappa shape index (κ1) is 15.6. The summed E-state index contributed by atoms with van der Waals surface area (Å²) in [5.74, 6) is 0.00459. The Kier molecular flexibility index (Phi) is 5.21. The van der Waals surface area contributed by atoms with Crippen molar-refractivity contribution in [2.75, 3.05) is 0 Å². The van der Waals surface area contributed by atoms with Gasteiger partial charge in [0.2, 0.25) is 0 Å². The Hall–Kier alpha value is -2.74. The van der Waals surface area contributed by atoms with Gasteiger partial charge in [-0.15, -0.1) is 0 Å². The molecule has 0 atom stereocenters. The van der Waals surface area contributed by atoms with Gasteiger partial charge in [-0.1, -0.05) is 61.7 Å². The molecule has 0 spiro atoms. The zero-order valence-electron chi connectivity index (χ0n) is 12.4. The first-order chi connectivity index (χ1) is 10.6. The molecule has 2 rings (SSSR count). The second-order valence-corrected chi connectivity index (χ2v) is 5.10. The van der Waals surface area contributed by atoms with Gasteiger partial charge in [0.25, 0.3) is 0 Å². The molecule has 110 valence electrons. The third-order valence-electron chi connectivity index (χ3n) is 3.40. The van der Waals surface area contributed by atoms with Crippen molar-refractivity contribution in [1.82, 2.24) is 0 Å². The number of hydrogen-bond donors (Lipinski definition) is 0. The van der Waals surface area contributed by atoms with Gasteiger partial charge in [-0.3, -0.25) is 9.59 Å². The molecule has 0 radical (unpaired) electrons. The van der Waals surface area contributed by atoms with E-state index in [4.69, 9.17) is 0 Å². The van der Waals surface area contributed by atoms with E-state index in [-0.39, 0.29) is 11.6 Å². The second kappa shape index (κ2) is 7.32. The van der Waals surface area contributed by atoms with Crippen molar-refractivity contribution in [2.24, 2.45) is 0 Å². The van der Waals surface area contributed by atoms with E-state index in [9.17, 15) is 9.59 Å². The van der Waals surface area contributed by atoms with Crippen LogP contribution >= 0.6 is 0 Å². The average Bonchev–Trinajstić information content (AvgIpc) is 2.55. The number of rotatable bonds is 7. The van der Waals surface area contributed by atoms with Crippen molar-refractivity contribution in [1.29, 1.82) is 0 Å². The topological polar surface area (TPSA) is 34.1 Å². The predicted octanol–water partition coefficient (Wildman–Crippen LogP) is 3.95. The first-order valence-corrected chi connectivity index (χ1v) is 7.11. The number of hydrogen-bond acceptors (Lipinski definition) is 2. The highest BCUT2D eigenvalue weighted by atomic mass is 16.1. The molecule has 2 aromatic carbocycles. The summed E-state index contributed by atoms with van der Waals surface area (Å²) >= 11 is 0. The van der Waals surface area contributed by atoms with E-state index in [0.29, 0.717) is 12.8 Å². The predicted molar refractivity (Wildman–Crippen MR) is 89.7 cm³/mol. The maximum absolute atomic E-state index is 11.5. The molecule has 2 heteroatoms. The normalized spacial score (nSPS) is 10.0. The zero-order valence-corrected chi connectivity index (χ0v) is 12.4. The third-order valence-corrected chi connectivity index (χ3v) is 3.40. The Morgan fingerprint density at radius 2 is 1.18 bits per heavy atom. The van der Waals surface area contributed by atoms with Crippen LogP contribution in [0.3, 0.4) is 0 Å². The number of carbonyl (C=O) groups is 2. The highest BCUT2D eigenvalue weighted by molar-refractivity contribution is 5.91. The van der Waals surface area contributed by atoms with E-state index in [1.54, 1.807) is 0 Å². The van der Waals surface area contributed by atoms with Crippen LogP contribution in [0.1, 0.15) is 11.1 Å². The van der Waals surface area contributed by atoms with E-state index in [1.807, 2.05) is 48.5 Å². The van der Waals surface area contributed by atoms with E-state index in [2.05, 4.69) is 13.2 Å². The lowest BCUT2D eigenvalue weighted by Crippen LogP contribution is -1.99. The van der Waals surface area contributed by atoms with E-state index in [1.165, 1.54) is 12.2 Å². The molecular weight excluding hydrogens is 272 g/mol. The maximum atomic E-state index is 11.5. The van der Waals surface area contributed by atoms with Gasteiger partial charge in [-0.25, -0.2) is 0 Å². The summed E-state index contributed by atoms with van der Waals surface area (Å²) in [6, 6.07) is 15.7. The lowest BCUT2D eigenvalue weighted by molar-refractivity contribution is -0.114. The quantitative estimate of drug-likeness (QED) is 0.724. The van der Waals surface area contributed by atoms with Crippen LogP contribution in [0, 0.1) is 0 Å². The smallest absolute Gasteiger partial charge is 0.159 e. The molecule has 0 saturated heterocycles. The lowest BCUT2D eigenvalue weighted by atomic mass is 9.98. The molecule has 0 fully saturated rings. The molecule has 0 unspecified atom stereocenters. The number of carbonyl (C=O) groups excluding carboxylic acids is 2. The van der Waals surface area contributed by atoms with Crippen LogP contribution in [-0.4, -0.2) is 11.6 Å². The van der Waals surface area contributed by atoms with Crippen LogP contribution in [0.2, 0.25) is 0 Å². The van der Waals surface area contributed by atoms with Gasteiger partial charge in [0.15, 0.2) is 11.6 Å². The standard InChI is InChI=1S/C20H18O2/c1-3-19(21)13-15-7-5-9-17(11-15)18-10-6-8-16(12-18)14-20(22)4-2/h3-12H,1-2,13-14H2. The molecule has 0 aliphatic carbocycles. The third kappa shape index (κ3) is 4.13. The fraction of sp³-hybridized carbons (Fsp3) is 0.100. The average molecular weight is 290 g/mol. The van der Waals surface area contributed by atoms with E-state index in [0.717, 1.165) is 22.3 Å². The molecule has 0 heterocycles. The maximum Gasteiger partial charge on any atom is 0.159 e. The first-order valence-electron chi connectivity index (χ1n) is 7.11. The molecule has 0 amide bonds. The van der Waals surface area contributed by atoms with Gasteiger partial charge in [-0.05, 0) is 34.4 Å². The van der Waals surface area contributed by atoms with Crippen molar-refractivity contribution in [3.63, 3.8) is 0 Å². The largest absolute Gasteiger partial charge is 0.295 e. The number of allylic oxidation sites excluding steroid dienone is 2. The monoisotopic (exact) mass is 290 g/mol. The van der Waals surface area contributed by atoms with Gasteiger partial charge in [0.1, 0.15) is 0 Å². The summed E-state index contributed by atoms with van der Waals surface area (Å²) in [7, 11) is 0. The molecule has 0 aromatic heterocycles. The van der Waals surface area contributed by atoms with Gasteiger partial charge >= 0.3 is 0 Å². The minimum absolute atomic E-state index is 0.00230. The zero-order chi connectivity index (χ0) is 15.9. The van der Waals surface area contributed by atoms with Crippen LogP contribution in [0.5, 0.6) is 0 Å². The summed E-state index contributed by atoms with van der Waals surface area (Å²) < 4.78 is 0. The fourth-order valence-corrected chi connectivity index (χ4v) is 2.27. The second-order valence-electron chi connectivity index (χ2n) is 5.10. The van der Waals surface area contributed by atoms with E-state index < -0.39 is 0 Å². The molecular formula is C20H18O2. The van der Waals surface area contributed by atoms with Crippen LogP contribution in [0.25, 0.3) is 11.1 Å². The van der Waals surface area contributed by atoms with Gasteiger partial charge in [-0.2, -0.15) is 0 Å². The Morgan fingerprint density at radius 1 is 0.773 bits per heavy atom. The molecule has 0 bridgehead atoms.